The summed E-state index contributed by atoms with van der Waals surface area (Å²) in [4.78, 5) is 25.3. The van der Waals surface area contributed by atoms with E-state index in [-0.39, 0.29) is 18.4 Å². The Bertz CT molecular complexity index is 902. The van der Waals surface area contributed by atoms with Crippen molar-refractivity contribution in [1.82, 2.24) is 10.9 Å². The van der Waals surface area contributed by atoms with Gasteiger partial charge >= 0.3 is 5.91 Å². The molecule has 1 aromatic heterocycles. The predicted octanol–water partition coefficient (Wildman–Crippen LogP) is 2.73. The minimum Gasteiger partial charge on any atom is -0.267 e. The lowest BCUT2D eigenvalue weighted by Gasteiger charge is -2.10. The second kappa shape index (κ2) is 9.54. The van der Waals surface area contributed by atoms with Crippen LogP contribution in [0.15, 0.2) is 90.1 Å². The molecule has 0 aliphatic heterocycles. The van der Waals surface area contributed by atoms with Gasteiger partial charge in [0.25, 0.3) is 5.91 Å². The lowest BCUT2D eigenvalue weighted by atomic mass is 10.2. The summed E-state index contributed by atoms with van der Waals surface area (Å²) >= 11 is 1.59. The van der Waals surface area contributed by atoms with Crippen molar-refractivity contribution in [3.05, 3.63) is 96.3 Å². The topological polar surface area (TPSA) is 62.1 Å². The Labute approximate surface area is 162 Å². The van der Waals surface area contributed by atoms with Crippen LogP contribution in [0.2, 0.25) is 0 Å². The number of benzene rings is 2. The number of nitrogens with zero attached hydrogens (tertiary/aromatic N) is 1. The molecule has 0 radical (unpaired) electrons. The summed E-state index contributed by atoms with van der Waals surface area (Å²) in [5, 5.41) is 0. The minimum absolute atomic E-state index is 0.130. The van der Waals surface area contributed by atoms with Crippen LogP contribution in [0.3, 0.4) is 0 Å². The zero-order chi connectivity index (χ0) is 18.9. The van der Waals surface area contributed by atoms with Crippen LogP contribution in [-0.2, 0) is 17.1 Å². The van der Waals surface area contributed by atoms with Gasteiger partial charge in [-0.2, -0.15) is 4.57 Å². The third-order valence-corrected chi connectivity index (χ3v) is 4.93. The number of aromatic nitrogens is 1. The number of hydrogen-bond acceptors (Lipinski definition) is 3. The third-order valence-electron chi connectivity index (χ3n) is 3.79. The second-order valence-electron chi connectivity index (χ2n) is 5.82. The number of hydrogen-bond donors (Lipinski definition) is 2. The molecule has 0 saturated heterocycles. The Morgan fingerprint density at radius 1 is 0.815 bits per heavy atom. The average Bonchev–Trinajstić information content (AvgIpc) is 2.72. The first-order valence-corrected chi connectivity index (χ1v) is 9.50. The van der Waals surface area contributed by atoms with Crippen molar-refractivity contribution in [2.45, 2.75) is 17.2 Å². The largest absolute Gasteiger partial charge is 0.304 e. The van der Waals surface area contributed by atoms with E-state index in [9.17, 15) is 9.59 Å². The second-order valence-corrected chi connectivity index (χ2v) is 6.84. The Morgan fingerprint density at radius 2 is 1.48 bits per heavy atom. The highest BCUT2D eigenvalue weighted by molar-refractivity contribution is 7.98. The van der Waals surface area contributed by atoms with E-state index >= 15 is 0 Å². The normalized spacial score (nSPS) is 10.2. The lowest BCUT2D eigenvalue weighted by molar-refractivity contribution is -0.684. The number of nitrogens with one attached hydrogen (secondary N) is 2. The fourth-order valence-corrected chi connectivity index (χ4v) is 3.46. The first-order valence-electron chi connectivity index (χ1n) is 8.51. The summed E-state index contributed by atoms with van der Waals surface area (Å²) in [6.45, 7) is 0.130. The van der Waals surface area contributed by atoms with Gasteiger partial charge in [-0.25, -0.2) is 0 Å². The van der Waals surface area contributed by atoms with Gasteiger partial charge in [-0.1, -0.05) is 48.5 Å². The first-order chi connectivity index (χ1) is 13.2. The predicted molar refractivity (Wildman–Crippen MR) is 105 cm³/mol. The fraction of sp³-hybridized carbons (Fsp3) is 0.0952. The number of hydrazine groups is 1. The number of thioether (sulfide) groups is 1. The zero-order valence-corrected chi connectivity index (χ0v) is 15.5. The van der Waals surface area contributed by atoms with Crippen LogP contribution >= 0.6 is 11.8 Å². The first kappa shape index (κ1) is 18.7. The van der Waals surface area contributed by atoms with Crippen molar-refractivity contribution in [2.75, 3.05) is 0 Å². The van der Waals surface area contributed by atoms with Gasteiger partial charge in [0.05, 0.1) is 5.56 Å². The number of pyridine rings is 1. The highest BCUT2D eigenvalue weighted by atomic mass is 32.2. The highest BCUT2D eigenvalue weighted by Gasteiger charge is 2.14. The van der Waals surface area contributed by atoms with Gasteiger partial charge in [0, 0.05) is 22.8 Å². The maximum atomic E-state index is 12.5. The molecule has 6 heteroatoms. The van der Waals surface area contributed by atoms with E-state index in [1.54, 1.807) is 34.8 Å². The standard InChI is InChI=1S/C21H19N3O2S/c25-20(15-24-13-7-2-8-14-24)22-23-21(26)18-11-5-6-12-19(18)27-16-17-9-3-1-4-10-17/h1-14H,15-16H2,(H-,22,23,25,26)/p+1. The van der Waals surface area contributed by atoms with Gasteiger partial charge in [-0.15, -0.1) is 11.8 Å². The molecule has 0 saturated carbocycles. The molecule has 0 fully saturated rings. The molecule has 3 aromatic rings. The minimum atomic E-state index is -0.336. The molecule has 0 aliphatic rings. The van der Waals surface area contributed by atoms with Gasteiger partial charge in [0.2, 0.25) is 6.54 Å². The van der Waals surface area contributed by atoms with Crippen LogP contribution in [0.5, 0.6) is 0 Å². The Balaban J connectivity index is 1.57. The molecule has 2 N–H and O–H groups in total. The average molecular weight is 378 g/mol. The molecule has 2 amide bonds. The van der Waals surface area contributed by atoms with Gasteiger partial charge < -0.3 is 0 Å². The van der Waals surface area contributed by atoms with Crippen molar-refractivity contribution in [2.24, 2.45) is 0 Å². The van der Waals surface area contributed by atoms with Crippen LogP contribution < -0.4 is 15.4 Å². The Kier molecular flexibility index (Phi) is 6.60. The van der Waals surface area contributed by atoms with Crippen LogP contribution in [-0.4, -0.2) is 11.8 Å². The van der Waals surface area contributed by atoms with E-state index in [2.05, 4.69) is 23.0 Å². The molecule has 0 atom stereocenters. The third kappa shape index (κ3) is 5.69. The van der Waals surface area contributed by atoms with E-state index < -0.39 is 0 Å². The molecule has 0 aliphatic carbocycles. The summed E-state index contributed by atoms with van der Waals surface area (Å²) in [6, 6.07) is 23.0. The number of rotatable bonds is 6. The van der Waals surface area contributed by atoms with Crippen LogP contribution in [0.1, 0.15) is 15.9 Å². The molecule has 0 unspecified atom stereocenters. The van der Waals surface area contributed by atoms with Crippen LogP contribution in [0.4, 0.5) is 0 Å². The smallest absolute Gasteiger partial charge is 0.267 e. The summed E-state index contributed by atoms with van der Waals surface area (Å²) in [5.74, 6) is 0.133. The number of amides is 2. The highest BCUT2D eigenvalue weighted by Crippen LogP contribution is 2.26. The van der Waals surface area contributed by atoms with Crippen LogP contribution in [0, 0.1) is 0 Å². The van der Waals surface area contributed by atoms with E-state index in [4.69, 9.17) is 0 Å². The molecule has 2 aromatic carbocycles. The van der Waals surface area contributed by atoms with E-state index in [1.165, 1.54) is 5.56 Å². The van der Waals surface area contributed by atoms with Gasteiger partial charge in [0.15, 0.2) is 12.4 Å². The van der Waals surface area contributed by atoms with Crippen molar-refractivity contribution >= 4 is 23.6 Å². The Morgan fingerprint density at radius 3 is 2.26 bits per heavy atom. The number of carbonyl (C=O) groups is 2. The monoisotopic (exact) mass is 378 g/mol. The van der Waals surface area contributed by atoms with Gasteiger partial charge in [0.1, 0.15) is 0 Å². The van der Waals surface area contributed by atoms with Crippen molar-refractivity contribution in [3.8, 4) is 0 Å². The van der Waals surface area contributed by atoms with Crippen molar-refractivity contribution in [3.63, 3.8) is 0 Å². The summed E-state index contributed by atoms with van der Waals surface area (Å²) in [5.41, 5.74) is 6.67. The molecule has 1 heterocycles. The quantitative estimate of drug-likeness (QED) is 0.394. The van der Waals surface area contributed by atoms with Gasteiger partial charge in [-0.05, 0) is 17.7 Å². The maximum Gasteiger partial charge on any atom is 0.304 e. The molecular weight excluding hydrogens is 358 g/mol. The maximum absolute atomic E-state index is 12.5. The SMILES string of the molecule is O=C(C[n+]1ccccc1)NNC(=O)c1ccccc1SCc1ccccc1. The molecule has 0 spiro atoms. The van der Waals surface area contributed by atoms with E-state index in [0.717, 1.165) is 10.6 Å². The van der Waals surface area contributed by atoms with Crippen molar-refractivity contribution in [1.29, 1.82) is 0 Å². The zero-order valence-electron chi connectivity index (χ0n) is 14.7. The van der Waals surface area contributed by atoms with Gasteiger partial charge in [-0.3, -0.25) is 20.4 Å². The van der Waals surface area contributed by atoms with E-state index in [1.807, 2.05) is 54.6 Å². The molecule has 5 nitrogen and oxygen atoms in total. The summed E-state index contributed by atoms with van der Waals surface area (Å²) in [7, 11) is 0. The molecular formula is C21H20N3O2S+. The molecule has 3 rings (SSSR count). The lowest BCUT2D eigenvalue weighted by Crippen LogP contribution is -2.48. The molecule has 27 heavy (non-hydrogen) atoms. The molecule has 0 bridgehead atoms. The summed E-state index contributed by atoms with van der Waals surface area (Å²) < 4.78 is 1.73. The van der Waals surface area contributed by atoms with Crippen LogP contribution in [0.25, 0.3) is 0 Å². The van der Waals surface area contributed by atoms with Crippen molar-refractivity contribution < 1.29 is 14.2 Å². The number of carbonyl (C=O) groups excluding carboxylic acids is 2. The molecule has 136 valence electrons. The summed E-state index contributed by atoms with van der Waals surface area (Å²) in [6.07, 6.45) is 3.58. The fourth-order valence-electron chi connectivity index (χ4n) is 2.45. The van der Waals surface area contributed by atoms with E-state index in [0.29, 0.717) is 5.56 Å². The Hall–Kier alpha value is -3.12.